The molecule has 0 saturated heterocycles. The molecule has 0 unspecified atom stereocenters. The number of H-pyrrole nitrogens is 1. The maximum atomic E-state index is 11.4. The predicted molar refractivity (Wildman–Crippen MR) is 53.7 cm³/mol. The van der Waals surface area contributed by atoms with Crippen LogP contribution >= 0.6 is 0 Å². The van der Waals surface area contributed by atoms with Crippen molar-refractivity contribution in [2.45, 2.75) is 19.9 Å². The highest BCUT2D eigenvalue weighted by molar-refractivity contribution is 5.73. The second-order valence-electron chi connectivity index (χ2n) is 3.12. The molecular weight excluding hydrogens is 180 g/mol. The molecule has 1 aromatic rings. The van der Waals surface area contributed by atoms with Crippen molar-refractivity contribution >= 4 is 6.03 Å². The molecule has 5 heteroatoms. The first-order valence-electron chi connectivity index (χ1n) is 4.71. The average Bonchev–Trinajstić information content (AvgIpc) is 2.66. The maximum absolute atomic E-state index is 11.4. The normalized spacial score (nSPS) is 9.86. The van der Waals surface area contributed by atoms with Crippen LogP contribution in [-0.2, 0) is 6.54 Å². The highest BCUT2D eigenvalue weighted by atomic mass is 16.2. The van der Waals surface area contributed by atoms with Gasteiger partial charge < -0.3 is 15.2 Å². The van der Waals surface area contributed by atoms with Crippen LogP contribution in [0.3, 0.4) is 0 Å². The van der Waals surface area contributed by atoms with Crippen LogP contribution in [-0.4, -0.2) is 34.5 Å². The van der Waals surface area contributed by atoms with Crippen molar-refractivity contribution in [3.05, 3.63) is 18.2 Å². The first-order chi connectivity index (χ1) is 6.74. The number of carbonyl (C=O) groups excluding carboxylic acids is 1. The van der Waals surface area contributed by atoms with Crippen LogP contribution in [0.1, 0.15) is 19.2 Å². The number of rotatable bonds is 4. The Morgan fingerprint density at radius 1 is 1.71 bits per heavy atom. The summed E-state index contributed by atoms with van der Waals surface area (Å²) in [5.74, 6) is 0.791. The third kappa shape index (κ3) is 3.08. The average molecular weight is 196 g/mol. The Bertz CT molecular complexity index is 270. The lowest BCUT2D eigenvalue weighted by Gasteiger charge is -2.16. The fourth-order valence-electron chi connectivity index (χ4n) is 1.05. The SMILES string of the molecule is CCCNC(=O)N(C)Cc1ncc[nH]1. The lowest BCUT2D eigenvalue weighted by Crippen LogP contribution is -2.37. The van der Waals surface area contributed by atoms with Crippen LogP contribution in [0.15, 0.2) is 12.4 Å². The van der Waals surface area contributed by atoms with Crippen molar-refractivity contribution in [1.82, 2.24) is 20.2 Å². The van der Waals surface area contributed by atoms with Gasteiger partial charge in [0.2, 0.25) is 0 Å². The van der Waals surface area contributed by atoms with Crippen molar-refractivity contribution in [1.29, 1.82) is 0 Å². The van der Waals surface area contributed by atoms with E-state index in [0.717, 1.165) is 12.2 Å². The lowest BCUT2D eigenvalue weighted by atomic mass is 10.5. The molecule has 0 aromatic carbocycles. The summed E-state index contributed by atoms with van der Waals surface area (Å²) in [5, 5.41) is 2.79. The van der Waals surface area contributed by atoms with Gasteiger partial charge in [-0.3, -0.25) is 0 Å². The molecule has 0 atom stereocenters. The van der Waals surface area contributed by atoms with Crippen molar-refractivity contribution in [3.63, 3.8) is 0 Å². The Balaban J connectivity index is 2.34. The molecule has 0 fully saturated rings. The van der Waals surface area contributed by atoms with Gasteiger partial charge in [0, 0.05) is 26.0 Å². The van der Waals surface area contributed by atoms with E-state index in [0.29, 0.717) is 13.1 Å². The summed E-state index contributed by atoms with van der Waals surface area (Å²) in [4.78, 5) is 20.0. The molecule has 14 heavy (non-hydrogen) atoms. The van der Waals surface area contributed by atoms with Gasteiger partial charge in [0.05, 0.1) is 6.54 Å². The Morgan fingerprint density at radius 2 is 2.50 bits per heavy atom. The Hall–Kier alpha value is -1.52. The smallest absolute Gasteiger partial charge is 0.317 e. The van der Waals surface area contributed by atoms with Gasteiger partial charge in [0.1, 0.15) is 5.82 Å². The Labute approximate surface area is 83.5 Å². The molecule has 2 N–H and O–H groups in total. The van der Waals surface area contributed by atoms with E-state index in [9.17, 15) is 4.79 Å². The van der Waals surface area contributed by atoms with E-state index in [2.05, 4.69) is 15.3 Å². The van der Waals surface area contributed by atoms with Crippen LogP contribution in [0.2, 0.25) is 0 Å². The molecule has 0 bridgehead atoms. The van der Waals surface area contributed by atoms with Gasteiger partial charge in [-0.15, -0.1) is 0 Å². The predicted octanol–water partition coefficient (Wildman–Crippen LogP) is 0.961. The number of hydrogen-bond donors (Lipinski definition) is 2. The quantitative estimate of drug-likeness (QED) is 0.753. The number of hydrogen-bond acceptors (Lipinski definition) is 2. The third-order valence-electron chi connectivity index (χ3n) is 1.81. The van der Waals surface area contributed by atoms with Gasteiger partial charge in [-0.25, -0.2) is 9.78 Å². The third-order valence-corrected chi connectivity index (χ3v) is 1.81. The summed E-state index contributed by atoms with van der Waals surface area (Å²) in [6.45, 7) is 3.23. The molecule has 78 valence electrons. The molecular formula is C9H16N4O. The number of carbonyl (C=O) groups is 1. The summed E-state index contributed by atoms with van der Waals surface area (Å²) < 4.78 is 0. The van der Waals surface area contributed by atoms with Crippen molar-refractivity contribution in [2.24, 2.45) is 0 Å². The number of nitrogens with zero attached hydrogens (tertiary/aromatic N) is 2. The molecule has 0 aliphatic carbocycles. The minimum atomic E-state index is -0.0664. The van der Waals surface area contributed by atoms with E-state index < -0.39 is 0 Å². The van der Waals surface area contributed by atoms with Crippen molar-refractivity contribution in [2.75, 3.05) is 13.6 Å². The van der Waals surface area contributed by atoms with Gasteiger partial charge in [0.15, 0.2) is 0 Å². The Kier molecular flexibility index (Phi) is 3.97. The molecule has 2 amide bonds. The maximum Gasteiger partial charge on any atom is 0.317 e. The number of amides is 2. The lowest BCUT2D eigenvalue weighted by molar-refractivity contribution is 0.206. The highest BCUT2D eigenvalue weighted by Crippen LogP contribution is 1.95. The summed E-state index contributed by atoms with van der Waals surface area (Å²) in [6.07, 6.45) is 4.36. The fraction of sp³-hybridized carbons (Fsp3) is 0.556. The van der Waals surface area contributed by atoms with Crippen LogP contribution in [0.5, 0.6) is 0 Å². The molecule has 0 saturated carbocycles. The summed E-state index contributed by atoms with van der Waals surface area (Å²) >= 11 is 0. The summed E-state index contributed by atoms with van der Waals surface area (Å²) in [5.41, 5.74) is 0. The fourth-order valence-corrected chi connectivity index (χ4v) is 1.05. The first-order valence-corrected chi connectivity index (χ1v) is 4.71. The van der Waals surface area contributed by atoms with Crippen LogP contribution in [0, 0.1) is 0 Å². The van der Waals surface area contributed by atoms with E-state index >= 15 is 0 Å². The second kappa shape index (κ2) is 5.26. The number of urea groups is 1. The van der Waals surface area contributed by atoms with E-state index in [4.69, 9.17) is 0 Å². The van der Waals surface area contributed by atoms with Gasteiger partial charge in [-0.1, -0.05) is 6.92 Å². The largest absolute Gasteiger partial charge is 0.347 e. The minimum Gasteiger partial charge on any atom is -0.347 e. The second-order valence-corrected chi connectivity index (χ2v) is 3.12. The van der Waals surface area contributed by atoms with Crippen LogP contribution < -0.4 is 5.32 Å². The van der Waals surface area contributed by atoms with Crippen molar-refractivity contribution in [3.8, 4) is 0 Å². The van der Waals surface area contributed by atoms with Crippen molar-refractivity contribution < 1.29 is 4.79 Å². The van der Waals surface area contributed by atoms with E-state index in [1.807, 2.05) is 6.92 Å². The molecule has 1 heterocycles. The van der Waals surface area contributed by atoms with Crippen LogP contribution in [0.4, 0.5) is 4.79 Å². The summed E-state index contributed by atoms with van der Waals surface area (Å²) in [7, 11) is 1.74. The first kappa shape index (κ1) is 10.6. The Morgan fingerprint density at radius 3 is 3.07 bits per heavy atom. The molecule has 1 rings (SSSR count). The number of aromatic nitrogens is 2. The molecule has 0 radical (unpaired) electrons. The summed E-state index contributed by atoms with van der Waals surface area (Å²) in [6, 6.07) is -0.0664. The van der Waals surface area contributed by atoms with Gasteiger partial charge in [0.25, 0.3) is 0 Å². The van der Waals surface area contributed by atoms with Gasteiger partial charge in [-0.05, 0) is 6.42 Å². The molecule has 0 spiro atoms. The van der Waals surface area contributed by atoms with Gasteiger partial charge >= 0.3 is 6.03 Å². The zero-order valence-electron chi connectivity index (χ0n) is 8.58. The molecule has 5 nitrogen and oxygen atoms in total. The monoisotopic (exact) mass is 196 g/mol. The molecule has 1 aromatic heterocycles. The minimum absolute atomic E-state index is 0.0664. The number of nitrogens with one attached hydrogen (secondary N) is 2. The van der Waals surface area contributed by atoms with Gasteiger partial charge in [-0.2, -0.15) is 0 Å². The molecule has 0 aliphatic heterocycles. The van der Waals surface area contributed by atoms with Crippen LogP contribution in [0.25, 0.3) is 0 Å². The zero-order chi connectivity index (χ0) is 10.4. The topological polar surface area (TPSA) is 61.0 Å². The highest BCUT2D eigenvalue weighted by Gasteiger charge is 2.08. The number of aromatic amines is 1. The van der Waals surface area contributed by atoms with E-state index in [-0.39, 0.29) is 6.03 Å². The zero-order valence-corrected chi connectivity index (χ0v) is 8.58. The number of imidazole rings is 1. The molecule has 0 aliphatic rings. The van der Waals surface area contributed by atoms with E-state index in [1.54, 1.807) is 24.3 Å². The standard InChI is InChI=1S/C9H16N4O/c1-3-4-12-9(14)13(2)7-8-10-5-6-11-8/h5-6H,3-4,7H2,1-2H3,(H,10,11)(H,12,14). The van der Waals surface area contributed by atoms with E-state index in [1.165, 1.54) is 0 Å².